The second-order valence-electron chi connectivity index (χ2n) is 4.53. The van der Waals surface area contributed by atoms with Gasteiger partial charge in [-0.15, -0.1) is 0 Å². The Morgan fingerprint density at radius 2 is 2.20 bits per heavy atom. The zero-order valence-electron chi connectivity index (χ0n) is 10.7. The molecule has 0 atom stereocenters. The number of benzene rings is 1. The van der Waals surface area contributed by atoms with Crippen molar-refractivity contribution in [2.45, 2.75) is 6.54 Å². The maximum atomic E-state index is 13.2. The Morgan fingerprint density at radius 1 is 1.40 bits per heavy atom. The molecule has 0 saturated carbocycles. The molecule has 2 heterocycles. The van der Waals surface area contributed by atoms with Crippen molar-refractivity contribution in [1.82, 2.24) is 19.3 Å². The van der Waals surface area contributed by atoms with Crippen molar-refractivity contribution in [3.63, 3.8) is 0 Å². The fourth-order valence-electron chi connectivity index (χ4n) is 2.07. The third-order valence-corrected chi connectivity index (χ3v) is 3.16. The van der Waals surface area contributed by atoms with Crippen LogP contribution in [0, 0.1) is 5.82 Å². The van der Waals surface area contributed by atoms with Crippen LogP contribution in [-0.2, 0) is 13.6 Å². The molecule has 3 rings (SSSR count). The Kier molecular flexibility index (Phi) is 2.74. The molecule has 3 aromatic rings. The first kappa shape index (κ1) is 12.3. The SMILES string of the molecule is Cn1ncc2c(=O)n(Cc3cc(F)ccc3N)cnc21. The Hall–Kier alpha value is -2.70. The van der Waals surface area contributed by atoms with Crippen LogP contribution < -0.4 is 11.3 Å². The molecule has 0 saturated heterocycles. The van der Waals surface area contributed by atoms with Crippen LogP contribution in [0.3, 0.4) is 0 Å². The summed E-state index contributed by atoms with van der Waals surface area (Å²) in [6.45, 7) is 0.167. The van der Waals surface area contributed by atoms with Gasteiger partial charge in [-0.1, -0.05) is 0 Å². The topological polar surface area (TPSA) is 78.7 Å². The molecule has 0 radical (unpaired) electrons. The number of rotatable bonds is 2. The lowest BCUT2D eigenvalue weighted by Crippen LogP contribution is -2.21. The molecule has 2 aromatic heterocycles. The van der Waals surface area contributed by atoms with E-state index in [1.165, 1.54) is 40.0 Å². The minimum atomic E-state index is -0.391. The highest BCUT2D eigenvalue weighted by Crippen LogP contribution is 2.14. The first-order valence-electron chi connectivity index (χ1n) is 5.97. The highest BCUT2D eigenvalue weighted by atomic mass is 19.1. The van der Waals surface area contributed by atoms with Crippen LogP contribution in [0.15, 0.2) is 35.5 Å². The van der Waals surface area contributed by atoms with Crippen molar-refractivity contribution in [2.24, 2.45) is 7.05 Å². The number of aromatic nitrogens is 4. The Labute approximate surface area is 113 Å². The van der Waals surface area contributed by atoms with Gasteiger partial charge in [-0.2, -0.15) is 5.10 Å². The highest BCUT2D eigenvalue weighted by Gasteiger charge is 2.09. The molecule has 7 heteroatoms. The van der Waals surface area contributed by atoms with E-state index in [1.54, 1.807) is 7.05 Å². The van der Waals surface area contributed by atoms with E-state index in [1.807, 2.05) is 0 Å². The molecular weight excluding hydrogens is 261 g/mol. The van der Waals surface area contributed by atoms with Crippen molar-refractivity contribution in [3.05, 3.63) is 52.5 Å². The van der Waals surface area contributed by atoms with Gasteiger partial charge in [0.05, 0.1) is 12.7 Å². The molecule has 6 nitrogen and oxygen atoms in total. The summed E-state index contributed by atoms with van der Waals surface area (Å²) in [5.74, 6) is -0.391. The van der Waals surface area contributed by atoms with Crippen molar-refractivity contribution in [2.75, 3.05) is 5.73 Å². The van der Waals surface area contributed by atoms with Gasteiger partial charge in [0, 0.05) is 12.7 Å². The molecule has 0 amide bonds. The van der Waals surface area contributed by atoms with Gasteiger partial charge in [0.2, 0.25) is 0 Å². The fraction of sp³-hybridized carbons (Fsp3) is 0.154. The minimum Gasteiger partial charge on any atom is -0.398 e. The van der Waals surface area contributed by atoms with E-state index in [2.05, 4.69) is 10.1 Å². The first-order chi connectivity index (χ1) is 9.56. The van der Waals surface area contributed by atoms with Gasteiger partial charge >= 0.3 is 0 Å². The van der Waals surface area contributed by atoms with Crippen LogP contribution in [0.4, 0.5) is 10.1 Å². The number of aryl methyl sites for hydroxylation is 1. The summed E-state index contributed by atoms with van der Waals surface area (Å²) in [5, 5.41) is 4.41. The fourth-order valence-corrected chi connectivity index (χ4v) is 2.07. The van der Waals surface area contributed by atoms with Crippen molar-refractivity contribution >= 4 is 16.7 Å². The molecule has 0 fully saturated rings. The van der Waals surface area contributed by atoms with E-state index in [0.717, 1.165) is 0 Å². The quantitative estimate of drug-likeness (QED) is 0.704. The van der Waals surface area contributed by atoms with E-state index < -0.39 is 5.82 Å². The summed E-state index contributed by atoms with van der Waals surface area (Å²) < 4.78 is 16.1. The summed E-state index contributed by atoms with van der Waals surface area (Å²) in [7, 11) is 1.71. The average Bonchev–Trinajstić information content (AvgIpc) is 2.79. The molecule has 0 aliphatic carbocycles. The number of hydrogen-bond donors (Lipinski definition) is 1. The molecule has 2 N–H and O–H groups in total. The van der Waals surface area contributed by atoms with Crippen LogP contribution >= 0.6 is 0 Å². The van der Waals surface area contributed by atoms with Gasteiger partial charge in [-0.3, -0.25) is 14.0 Å². The summed E-state index contributed by atoms with van der Waals surface area (Å²) in [4.78, 5) is 16.5. The lowest BCUT2D eigenvalue weighted by atomic mass is 10.1. The normalized spacial score (nSPS) is 11.1. The van der Waals surface area contributed by atoms with Crippen molar-refractivity contribution < 1.29 is 4.39 Å². The summed E-state index contributed by atoms with van der Waals surface area (Å²) in [5.41, 5.74) is 7.04. The molecule has 102 valence electrons. The second-order valence-corrected chi connectivity index (χ2v) is 4.53. The Balaban J connectivity index is 2.09. The molecule has 0 unspecified atom stereocenters. The van der Waals surface area contributed by atoms with Gasteiger partial charge < -0.3 is 5.73 Å². The summed E-state index contributed by atoms with van der Waals surface area (Å²) >= 11 is 0. The number of anilines is 1. The first-order valence-corrected chi connectivity index (χ1v) is 5.97. The smallest absolute Gasteiger partial charge is 0.264 e. The number of fused-ring (bicyclic) bond motifs is 1. The highest BCUT2D eigenvalue weighted by molar-refractivity contribution is 5.72. The Bertz CT molecular complexity index is 852. The number of nitrogens with two attached hydrogens (primary N) is 1. The zero-order chi connectivity index (χ0) is 14.3. The molecule has 20 heavy (non-hydrogen) atoms. The van der Waals surface area contributed by atoms with Gasteiger partial charge in [0.15, 0.2) is 5.65 Å². The standard InChI is InChI=1S/C13H12FN5O/c1-18-12-10(5-17-18)13(20)19(7-16-12)6-8-4-9(14)2-3-11(8)15/h2-5,7H,6,15H2,1H3. The average molecular weight is 273 g/mol. The third-order valence-electron chi connectivity index (χ3n) is 3.16. The summed E-state index contributed by atoms with van der Waals surface area (Å²) in [6.07, 6.45) is 2.88. The van der Waals surface area contributed by atoms with Gasteiger partial charge in [0.1, 0.15) is 17.5 Å². The van der Waals surface area contributed by atoms with Crippen molar-refractivity contribution in [1.29, 1.82) is 0 Å². The van der Waals surface area contributed by atoms with Gasteiger partial charge in [-0.25, -0.2) is 9.37 Å². The van der Waals surface area contributed by atoms with Crippen molar-refractivity contribution in [3.8, 4) is 0 Å². The largest absolute Gasteiger partial charge is 0.398 e. The number of hydrogen-bond acceptors (Lipinski definition) is 4. The third kappa shape index (κ3) is 1.93. The maximum Gasteiger partial charge on any atom is 0.264 e. The van der Waals surface area contributed by atoms with Crippen LogP contribution in [0.5, 0.6) is 0 Å². The van der Waals surface area contributed by atoms with Gasteiger partial charge in [-0.05, 0) is 23.8 Å². The Morgan fingerprint density at radius 3 is 3.00 bits per heavy atom. The van der Waals surface area contributed by atoms with E-state index in [4.69, 9.17) is 5.73 Å². The van der Waals surface area contributed by atoms with Crippen LogP contribution in [0.2, 0.25) is 0 Å². The van der Waals surface area contributed by atoms with E-state index in [9.17, 15) is 9.18 Å². The van der Waals surface area contributed by atoms with E-state index >= 15 is 0 Å². The molecule has 0 bridgehead atoms. The predicted octanol–water partition coefficient (Wildman–Crippen LogP) is 0.900. The molecule has 0 aliphatic heterocycles. The molecule has 0 aliphatic rings. The minimum absolute atomic E-state index is 0.167. The maximum absolute atomic E-state index is 13.2. The van der Waals surface area contributed by atoms with Crippen LogP contribution in [0.1, 0.15) is 5.56 Å². The van der Waals surface area contributed by atoms with E-state index in [-0.39, 0.29) is 12.1 Å². The molecule has 1 aromatic carbocycles. The zero-order valence-corrected chi connectivity index (χ0v) is 10.7. The van der Waals surface area contributed by atoms with Gasteiger partial charge in [0.25, 0.3) is 5.56 Å². The van der Waals surface area contributed by atoms with E-state index in [0.29, 0.717) is 22.3 Å². The number of halogens is 1. The van der Waals surface area contributed by atoms with Crippen LogP contribution in [-0.4, -0.2) is 19.3 Å². The monoisotopic (exact) mass is 273 g/mol. The summed E-state index contributed by atoms with van der Waals surface area (Å²) in [6, 6.07) is 4.07. The lowest BCUT2D eigenvalue weighted by Gasteiger charge is -2.08. The predicted molar refractivity (Wildman–Crippen MR) is 72.7 cm³/mol. The van der Waals surface area contributed by atoms with Crippen LogP contribution in [0.25, 0.3) is 11.0 Å². The second kappa shape index (κ2) is 4.44. The number of nitrogens with zero attached hydrogens (tertiary/aromatic N) is 4. The molecule has 0 spiro atoms. The number of nitrogen functional groups attached to an aromatic ring is 1. The molecular formula is C13H12FN5O. The lowest BCUT2D eigenvalue weighted by molar-refractivity contribution is 0.623.